The van der Waals surface area contributed by atoms with Gasteiger partial charge in [0, 0.05) is 3.57 Å². The van der Waals surface area contributed by atoms with Crippen molar-refractivity contribution in [3.63, 3.8) is 0 Å². The van der Waals surface area contributed by atoms with Crippen LogP contribution in [0.3, 0.4) is 0 Å². The Bertz CT molecular complexity index is 202. The Labute approximate surface area is 85.8 Å². The first-order chi connectivity index (χ1) is 5.74. The Morgan fingerprint density at radius 2 is 1.67 bits per heavy atom. The fraction of sp³-hybridized carbons (Fsp3) is 0.143. The van der Waals surface area contributed by atoms with Crippen molar-refractivity contribution in [3.8, 4) is 5.75 Å². The highest BCUT2D eigenvalue weighted by molar-refractivity contribution is 14.1. The van der Waals surface area contributed by atoms with Gasteiger partial charge >= 0.3 is 7.69 Å². The summed E-state index contributed by atoms with van der Waals surface area (Å²) in [7, 11) is 1.67. The number of halogens is 1. The number of hydrogen-bond acceptors (Lipinski definition) is 3. The van der Waals surface area contributed by atoms with Crippen LogP contribution in [0, 0.1) is 3.57 Å². The molecule has 0 aromatic heterocycles. The first-order valence-corrected chi connectivity index (χ1v) is 4.22. The first-order valence-electron chi connectivity index (χ1n) is 3.14. The first kappa shape index (κ1) is 11.7. The van der Waals surface area contributed by atoms with Crippen molar-refractivity contribution in [1.82, 2.24) is 0 Å². The van der Waals surface area contributed by atoms with Gasteiger partial charge in [-0.05, 0) is 46.9 Å². The fourth-order valence-electron chi connectivity index (χ4n) is 0.571. The van der Waals surface area contributed by atoms with E-state index in [0.717, 1.165) is 5.75 Å². The van der Waals surface area contributed by atoms with E-state index in [2.05, 4.69) is 22.6 Å². The summed E-state index contributed by atoms with van der Waals surface area (Å²) in [5.74, 6) is 0.912. The average molecular weight is 279 g/mol. The van der Waals surface area contributed by atoms with Crippen LogP contribution >= 0.6 is 22.6 Å². The molecule has 0 spiro atoms. The highest BCUT2D eigenvalue weighted by Crippen LogP contribution is 2.11. The van der Waals surface area contributed by atoms with Gasteiger partial charge in [0.1, 0.15) is 5.75 Å². The van der Waals surface area contributed by atoms with Crippen LogP contribution in [0.1, 0.15) is 0 Å². The smallest absolute Gasteiger partial charge is 0.482 e. The second kappa shape index (κ2) is 7.39. The molecule has 12 heavy (non-hydrogen) atoms. The Hall–Kier alpha value is -0.265. The highest BCUT2D eigenvalue weighted by atomic mass is 127. The summed E-state index contributed by atoms with van der Waals surface area (Å²) in [5, 5.41) is 14.0. The maximum absolute atomic E-state index is 7.00. The molecule has 0 atom stereocenters. The van der Waals surface area contributed by atoms with Gasteiger partial charge in [0.15, 0.2) is 0 Å². The van der Waals surface area contributed by atoms with Crippen molar-refractivity contribution in [2.24, 2.45) is 0 Å². The number of ether oxygens (including phenoxy) is 1. The normalized spacial score (nSPS) is 8.00. The van der Waals surface area contributed by atoms with Crippen LogP contribution < -0.4 is 4.74 Å². The van der Waals surface area contributed by atoms with Crippen LogP contribution in [-0.4, -0.2) is 24.8 Å². The molecule has 65 valence electrons. The molecule has 1 radical (unpaired) electrons. The molecule has 5 heteroatoms. The van der Waals surface area contributed by atoms with Gasteiger partial charge < -0.3 is 14.8 Å². The summed E-state index contributed by atoms with van der Waals surface area (Å²) in [6.07, 6.45) is 0. The minimum Gasteiger partial charge on any atom is -0.497 e. The summed E-state index contributed by atoms with van der Waals surface area (Å²) < 4.78 is 6.20. The van der Waals surface area contributed by atoms with Crippen molar-refractivity contribution < 1.29 is 14.8 Å². The lowest BCUT2D eigenvalue weighted by Crippen LogP contribution is -1.80. The van der Waals surface area contributed by atoms with Crippen LogP contribution in [0.5, 0.6) is 5.75 Å². The van der Waals surface area contributed by atoms with Crippen molar-refractivity contribution in [3.05, 3.63) is 27.8 Å². The molecule has 0 saturated heterocycles. The Kier molecular flexibility index (Phi) is 7.22. The minimum absolute atomic E-state index is 0. The van der Waals surface area contributed by atoms with E-state index in [4.69, 9.17) is 14.8 Å². The van der Waals surface area contributed by atoms with Gasteiger partial charge in [0.2, 0.25) is 0 Å². The molecule has 0 heterocycles. The molecule has 1 rings (SSSR count). The van der Waals surface area contributed by atoms with Crippen molar-refractivity contribution in [1.29, 1.82) is 0 Å². The molecule has 1 aromatic rings. The van der Waals surface area contributed by atoms with E-state index in [9.17, 15) is 0 Å². The van der Waals surface area contributed by atoms with Gasteiger partial charge in [-0.15, -0.1) is 0 Å². The average Bonchev–Trinajstić information content (AvgIpc) is 2.07. The summed E-state index contributed by atoms with van der Waals surface area (Å²) in [5.41, 5.74) is 0. The minimum atomic E-state index is 0. The molecule has 0 fully saturated rings. The van der Waals surface area contributed by atoms with E-state index in [-0.39, 0.29) is 7.69 Å². The summed E-state index contributed by atoms with van der Waals surface area (Å²) in [6.45, 7) is 0. The third-order valence-electron chi connectivity index (χ3n) is 1.05. The van der Waals surface area contributed by atoms with Crippen molar-refractivity contribution in [2.75, 3.05) is 7.11 Å². The number of rotatable bonds is 1. The SMILES string of the molecule is COc1ccc(I)cc1.O[B]O. The molecule has 0 amide bonds. The number of benzene rings is 1. The highest BCUT2D eigenvalue weighted by Gasteiger charge is 1.86. The van der Waals surface area contributed by atoms with Gasteiger partial charge in [-0.2, -0.15) is 0 Å². The second-order valence-electron chi connectivity index (χ2n) is 1.77. The van der Waals surface area contributed by atoms with E-state index in [1.165, 1.54) is 3.57 Å². The monoisotopic (exact) mass is 279 g/mol. The molecule has 3 nitrogen and oxygen atoms in total. The number of methoxy groups -OCH3 is 1. The zero-order chi connectivity index (χ0) is 9.40. The lowest BCUT2D eigenvalue weighted by molar-refractivity contribution is 0.414. The zero-order valence-electron chi connectivity index (χ0n) is 6.57. The lowest BCUT2D eigenvalue weighted by atomic mass is 10.3. The topological polar surface area (TPSA) is 49.7 Å². The second-order valence-corrected chi connectivity index (χ2v) is 3.02. The predicted octanol–water partition coefficient (Wildman–Crippen LogP) is 0.805. The van der Waals surface area contributed by atoms with E-state index >= 15 is 0 Å². The molecule has 0 aliphatic carbocycles. The molecule has 1 aromatic carbocycles. The van der Waals surface area contributed by atoms with Crippen LogP contribution in [0.15, 0.2) is 24.3 Å². The van der Waals surface area contributed by atoms with Crippen molar-refractivity contribution >= 4 is 30.3 Å². The number of hydrogen-bond donors (Lipinski definition) is 2. The van der Waals surface area contributed by atoms with Crippen LogP contribution in [0.2, 0.25) is 0 Å². The van der Waals surface area contributed by atoms with Gasteiger partial charge in [-0.25, -0.2) is 0 Å². The van der Waals surface area contributed by atoms with Gasteiger partial charge in [0.25, 0.3) is 0 Å². The zero-order valence-corrected chi connectivity index (χ0v) is 8.72. The van der Waals surface area contributed by atoms with Crippen LogP contribution in [0.25, 0.3) is 0 Å². The molecular weight excluding hydrogens is 270 g/mol. The third kappa shape index (κ3) is 5.39. The Morgan fingerprint density at radius 1 is 1.25 bits per heavy atom. The third-order valence-corrected chi connectivity index (χ3v) is 1.77. The molecule has 0 bridgehead atoms. The van der Waals surface area contributed by atoms with E-state index in [1.807, 2.05) is 24.3 Å². The van der Waals surface area contributed by atoms with Crippen LogP contribution in [-0.2, 0) is 0 Å². The van der Waals surface area contributed by atoms with Crippen molar-refractivity contribution in [2.45, 2.75) is 0 Å². The molecule has 0 aliphatic rings. The quantitative estimate of drug-likeness (QED) is 0.590. The summed E-state index contributed by atoms with van der Waals surface area (Å²) in [4.78, 5) is 0. The maximum Gasteiger partial charge on any atom is 0.482 e. The Morgan fingerprint density at radius 3 is 2.00 bits per heavy atom. The standard InChI is InChI=1S/C7H7IO.BH2O2/c1-9-7-4-2-6(8)3-5-7;2-1-3/h2-5H,1H3;2-3H. The maximum atomic E-state index is 7.00. The molecule has 0 unspecified atom stereocenters. The predicted molar refractivity (Wildman–Crippen MR) is 55.9 cm³/mol. The van der Waals surface area contributed by atoms with E-state index in [0.29, 0.717) is 0 Å². The molecule has 2 N–H and O–H groups in total. The van der Waals surface area contributed by atoms with Gasteiger partial charge in [-0.3, -0.25) is 0 Å². The van der Waals surface area contributed by atoms with Gasteiger partial charge in [0.05, 0.1) is 7.11 Å². The van der Waals surface area contributed by atoms with Gasteiger partial charge in [-0.1, -0.05) is 0 Å². The molecular formula is C7H9BIO3. The molecule has 0 saturated carbocycles. The summed E-state index contributed by atoms with van der Waals surface area (Å²) in [6, 6.07) is 7.92. The van der Waals surface area contributed by atoms with Crippen LogP contribution in [0.4, 0.5) is 0 Å². The molecule has 0 aliphatic heterocycles. The Balaban J connectivity index is 0.000000354. The lowest BCUT2D eigenvalue weighted by Gasteiger charge is -1.96. The van der Waals surface area contributed by atoms with E-state index < -0.39 is 0 Å². The summed E-state index contributed by atoms with van der Waals surface area (Å²) >= 11 is 2.26. The largest absolute Gasteiger partial charge is 0.497 e. The fourth-order valence-corrected chi connectivity index (χ4v) is 0.930. The van der Waals surface area contributed by atoms with E-state index in [1.54, 1.807) is 7.11 Å².